The number of oxazole rings is 1. The molecule has 0 radical (unpaired) electrons. The lowest BCUT2D eigenvalue weighted by Gasteiger charge is -2.11. The molecule has 3 aromatic rings. The molecule has 0 saturated carbocycles. The highest BCUT2D eigenvalue weighted by atomic mass is 35.5. The number of sulfonamides is 1. The zero-order chi connectivity index (χ0) is 17.6. The molecule has 0 bridgehead atoms. The number of nitrogens with one attached hydrogen (secondary N) is 1. The first-order valence-corrected chi connectivity index (χ1v) is 8.94. The third-order valence-corrected chi connectivity index (χ3v) is 5.73. The minimum Gasteiger partial charge on any atom is -0.408 e. The fourth-order valence-electron chi connectivity index (χ4n) is 2.41. The SMILES string of the molecule is Cc1ccc(NS(=O)(=O)c2cc3oc(=O)n(C)c3cc2C)cc1Cl. The third kappa shape index (κ3) is 2.81. The quantitative estimate of drug-likeness (QED) is 0.771. The van der Waals surface area contributed by atoms with Crippen LogP contribution in [0.5, 0.6) is 0 Å². The summed E-state index contributed by atoms with van der Waals surface area (Å²) in [5.41, 5.74) is 2.47. The molecule has 0 aliphatic heterocycles. The van der Waals surface area contributed by atoms with Crippen LogP contribution in [0.15, 0.2) is 44.4 Å². The van der Waals surface area contributed by atoms with Crippen LogP contribution >= 0.6 is 11.6 Å². The van der Waals surface area contributed by atoms with E-state index in [2.05, 4.69) is 4.72 Å². The van der Waals surface area contributed by atoms with Crippen molar-refractivity contribution in [2.75, 3.05) is 4.72 Å². The number of benzene rings is 2. The highest BCUT2D eigenvalue weighted by molar-refractivity contribution is 7.92. The Balaban J connectivity index is 2.09. The fourth-order valence-corrected chi connectivity index (χ4v) is 3.89. The van der Waals surface area contributed by atoms with E-state index in [4.69, 9.17) is 16.0 Å². The molecule has 1 heterocycles. The van der Waals surface area contributed by atoms with Crippen LogP contribution in [-0.2, 0) is 17.1 Å². The summed E-state index contributed by atoms with van der Waals surface area (Å²) < 4.78 is 34.2. The van der Waals surface area contributed by atoms with Crippen LogP contribution in [-0.4, -0.2) is 13.0 Å². The van der Waals surface area contributed by atoms with Crippen LogP contribution in [0, 0.1) is 13.8 Å². The third-order valence-electron chi connectivity index (χ3n) is 3.80. The van der Waals surface area contributed by atoms with E-state index >= 15 is 0 Å². The van der Waals surface area contributed by atoms with Gasteiger partial charge in [0.15, 0.2) is 5.58 Å². The highest BCUT2D eigenvalue weighted by Crippen LogP contribution is 2.26. The van der Waals surface area contributed by atoms with Crippen LogP contribution in [0.3, 0.4) is 0 Å². The molecule has 0 unspecified atom stereocenters. The number of hydrogen-bond acceptors (Lipinski definition) is 4. The monoisotopic (exact) mass is 366 g/mol. The molecule has 6 nitrogen and oxygen atoms in total. The van der Waals surface area contributed by atoms with E-state index in [0.29, 0.717) is 21.8 Å². The average molecular weight is 367 g/mol. The van der Waals surface area contributed by atoms with Crippen LogP contribution < -0.4 is 10.5 Å². The Morgan fingerprint density at radius 3 is 2.50 bits per heavy atom. The number of fused-ring (bicyclic) bond motifs is 1. The van der Waals surface area contributed by atoms with E-state index in [9.17, 15) is 13.2 Å². The predicted molar refractivity (Wildman–Crippen MR) is 93.2 cm³/mol. The molecule has 24 heavy (non-hydrogen) atoms. The minimum absolute atomic E-state index is 0.0426. The van der Waals surface area contributed by atoms with E-state index < -0.39 is 15.8 Å². The number of nitrogens with zero attached hydrogens (tertiary/aromatic N) is 1. The molecule has 126 valence electrons. The lowest BCUT2D eigenvalue weighted by atomic mass is 10.2. The molecule has 0 spiro atoms. The van der Waals surface area contributed by atoms with Gasteiger partial charge in [-0.05, 0) is 43.2 Å². The molecule has 1 N–H and O–H groups in total. The topological polar surface area (TPSA) is 81.3 Å². The van der Waals surface area contributed by atoms with Crippen molar-refractivity contribution >= 4 is 38.4 Å². The Labute approximate surface area is 143 Å². The molecule has 1 aromatic heterocycles. The summed E-state index contributed by atoms with van der Waals surface area (Å²) in [6.07, 6.45) is 0. The van der Waals surface area contributed by atoms with E-state index in [0.717, 1.165) is 5.56 Å². The first-order valence-electron chi connectivity index (χ1n) is 7.08. The van der Waals surface area contributed by atoms with E-state index in [1.54, 1.807) is 38.2 Å². The van der Waals surface area contributed by atoms with Crippen molar-refractivity contribution in [3.05, 3.63) is 57.0 Å². The Morgan fingerprint density at radius 1 is 1.12 bits per heavy atom. The van der Waals surface area contributed by atoms with Gasteiger partial charge in [-0.2, -0.15) is 0 Å². The first kappa shape index (κ1) is 16.6. The van der Waals surface area contributed by atoms with Gasteiger partial charge >= 0.3 is 5.76 Å². The van der Waals surface area contributed by atoms with Gasteiger partial charge in [0, 0.05) is 18.1 Å². The summed E-state index contributed by atoms with van der Waals surface area (Å²) in [5.74, 6) is -0.544. The lowest BCUT2D eigenvalue weighted by molar-refractivity contribution is 0.527. The van der Waals surface area contributed by atoms with Gasteiger partial charge in [-0.3, -0.25) is 9.29 Å². The Hall–Kier alpha value is -2.25. The maximum absolute atomic E-state index is 12.7. The predicted octanol–water partition coefficient (Wildman–Crippen LogP) is 3.20. The largest absolute Gasteiger partial charge is 0.419 e. The summed E-state index contributed by atoms with van der Waals surface area (Å²) in [6.45, 7) is 3.49. The molecular formula is C16H15ClN2O4S. The number of hydrogen-bond donors (Lipinski definition) is 1. The number of anilines is 1. The van der Waals surface area contributed by atoms with Gasteiger partial charge in [-0.15, -0.1) is 0 Å². The summed E-state index contributed by atoms with van der Waals surface area (Å²) in [6, 6.07) is 7.87. The van der Waals surface area contributed by atoms with Crippen LogP contribution in [0.25, 0.3) is 11.1 Å². The van der Waals surface area contributed by atoms with Crippen molar-refractivity contribution in [2.24, 2.45) is 7.05 Å². The molecule has 8 heteroatoms. The summed E-state index contributed by atoms with van der Waals surface area (Å²) in [7, 11) is -2.28. The van der Waals surface area contributed by atoms with Gasteiger partial charge in [0.25, 0.3) is 10.0 Å². The molecule has 0 amide bonds. The number of aromatic nitrogens is 1. The van der Waals surface area contributed by atoms with Crippen molar-refractivity contribution in [3.63, 3.8) is 0 Å². The van der Waals surface area contributed by atoms with Gasteiger partial charge in [-0.25, -0.2) is 13.2 Å². The fraction of sp³-hybridized carbons (Fsp3) is 0.188. The van der Waals surface area contributed by atoms with Gasteiger partial charge < -0.3 is 4.42 Å². The molecule has 3 rings (SSSR count). The summed E-state index contributed by atoms with van der Waals surface area (Å²) in [4.78, 5) is 11.6. The van der Waals surface area contributed by atoms with Crippen molar-refractivity contribution in [3.8, 4) is 0 Å². The molecular weight excluding hydrogens is 352 g/mol. The Bertz CT molecular complexity index is 1110. The second-order valence-corrected chi connectivity index (χ2v) is 7.64. The molecule has 0 fully saturated rings. The zero-order valence-electron chi connectivity index (χ0n) is 13.3. The normalized spacial score (nSPS) is 11.8. The van der Waals surface area contributed by atoms with Crippen LogP contribution in [0.4, 0.5) is 5.69 Å². The van der Waals surface area contributed by atoms with Crippen molar-refractivity contribution in [1.29, 1.82) is 0 Å². The maximum Gasteiger partial charge on any atom is 0.419 e. The van der Waals surface area contributed by atoms with Gasteiger partial charge in [0.2, 0.25) is 0 Å². The second kappa shape index (κ2) is 5.68. The lowest BCUT2D eigenvalue weighted by Crippen LogP contribution is -2.14. The molecule has 0 atom stereocenters. The van der Waals surface area contributed by atoms with Crippen molar-refractivity contribution in [1.82, 2.24) is 4.57 Å². The minimum atomic E-state index is -3.85. The highest BCUT2D eigenvalue weighted by Gasteiger charge is 2.20. The summed E-state index contributed by atoms with van der Waals surface area (Å²) >= 11 is 6.03. The van der Waals surface area contributed by atoms with E-state index in [-0.39, 0.29) is 10.5 Å². The van der Waals surface area contributed by atoms with Crippen molar-refractivity contribution < 1.29 is 12.8 Å². The van der Waals surface area contributed by atoms with Crippen molar-refractivity contribution in [2.45, 2.75) is 18.7 Å². The number of halogens is 1. The smallest absolute Gasteiger partial charge is 0.408 e. The summed E-state index contributed by atoms with van der Waals surface area (Å²) in [5, 5.41) is 0.469. The number of aryl methyl sites for hydroxylation is 3. The first-order chi connectivity index (χ1) is 11.2. The van der Waals surface area contributed by atoms with Crippen LogP contribution in [0.2, 0.25) is 5.02 Å². The van der Waals surface area contributed by atoms with E-state index in [1.165, 1.54) is 10.6 Å². The van der Waals surface area contributed by atoms with Gasteiger partial charge in [0.05, 0.1) is 16.1 Å². The molecule has 0 aliphatic carbocycles. The molecule has 0 saturated heterocycles. The Morgan fingerprint density at radius 2 is 1.83 bits per heavy atom. The van der Waals surface area contributed by atoms with Gasteiger partial charge in [0.1, 0.15) is 0 Å². The number of rotatable bonds is 3. The zero-order valence-corrected chi connectivity index (χ0v) is 14.8. The van der Waals surface area contributed by atoms with E-state index in [1.807, 2.05) is 6.92 Å². The Kier molecular flexibility index (Phi) is 3.93. The standard InChI is InChI=1S/C16H15ClN2O4S/c1-9-4-5-11(7-12(9)17)18-24(21,22)15-8-14-13(6-10(15)2)19(3)16(20)23-14/h4-8,18H,1-3H3. The molecule has 0 aliphatic rings. The van der Waals surface area contributed by atoms with Crippen LogP contribution in [0.1, 0.15) is 11.1 Å². The van der Waals surface area contributed by atoms with Gasteiger partial charge in [-0.1, -0.05) is 17.7 Å². The average Bonchev–Trinajstić information content (AvgIpc) is 2.77. The second-order valence-electron chi connectivity index (χ2n) is 5.58. The molecule has 2 aromatic carbocycles. The maximum atomic E-state index is 12.7.